The molecule has 1 aromatic rings. The quantitative estimate of drug-likeness (QED) is 0.836. The van der Waals surface area contributed by atoms with Crippen molar-refractivity contribution < 1.29 is 14.3 Å². The first kappa shape index (κ1) is 13.8. The van der Waals surface area contributed by atoms with Crippen LogP contribution in [-0.4, -0.2) is 49.1 Å². The fraction of sp³-hybridized carbons (Fsp3) is 0.500. The number of hydrogen-bond donors (Lipinski definition) is 2. The van der Waals surface area contributed by atoms with Gasteiger partial charge in [0.2, 0.25) is 5.91 Å². The zero-order chi connectivity index (χ0) is 13.8. The van der Waals surface area contributed by atoms with E-state index in [9.17, 15) is 9.59 Å². The largest absolute Gasteiger partial charge is 0.397 e. The van der Waals surface area contributed by atoms with Gasteiger partial charge in [-0.3, -0.25) is 9.59 Å². The molecule has 2 rings (SSSR count). The molecule has 1 aromatic heterocycles. The molecule has 0 bridgehead atoms. The topological polar surface area (TPSA) is 84.7 Å². The van der Waals surface area contributed by atoms with E-state index in [0.29, 0.717) is 36.9 Å². The summed E-state index contributed by atoms with van der Waals surface area (Å²) in [6, 6.07) is 1.11. The van der Waals surface area contributed by atoms with E-state index in [1.807, 2.05) is 0 Å². The number of anilines is 1. The van der Waals surface area contributed by atoms with E-state index >= 15 is 0 Å². The van der Waals surface area contributed by atoms with Gasteiger partial charge in [0.1, 0.15) is 10.9 Å². The lowest BCUT2D eigenvalue weighted by molar-refractivity contribution is -0.136. The van der Waals surface area contributed by atoms with Gasteiger partial charge in [0.25, 0.3) is 5.91 Å². The van der Waals surface area contributed by atoms with Crippen LogP contribution in [0, 0.1) is 0 Å². The van der Waals surface area contributed by atoms with Crippen molar-refractivity contribution in [2.24, 2.45) is 0 Å². The fourth-order valence-electron chi connectivity index (χ4n) is 1.89. The summed E-state index contributed by atoms with van der Waals surface area (Å²) in [7, 11) is 0. The van der Waals surface area contributed by atoms with E-state index in [0.717, 1.165) is 0 Å². The second-order valence-corrected chi connectivity index (χ2v) is 5.25. The maximum Gasteiger partial charge on any atom is 0.264 e. The van der Waals surface area contributed by atoms with E-state index in [4.69, 9.17) is 10.5 Å². The molecule has 104 valence electrons. The first-order chi connectivity index (χ1) is 9.09. The first-order valence-corrected chi connectivity index (χ1v) is 6.98. The smallest absolute Gasteiger partial charge is 0.264 e. The van der Waals surface area contributed by atoms with E-state index < -0.39 is 6.04 Å². The molecular weight excluding hydrogens is 266 g/mol. The lowest BCUT2D eigenvalue weighted by Crippen LogP contribution is -2.50. The minimum atomic E-state index is -0.563. The van der Waals surface area contributed by atoms with Crippen molar-refractivity contribution in [3.63, 3.8) is 0 Å². The highest BCUT2D eigenvalue weighted by molar-refractivity contribution is 7.12. The molecule has 1 saturated heterocycles. The fourth-order valence-corrected chi connectivity index (χ4v) is 2.61. The molecule has 6 nitrogen and oxygen atoms in total. The molecule has 1 atom stereocenters. The lowest BCUT2D eigenvalue weighted by atomic mass is 10.2. The summed E-state index contributed by atoms with van der Waals surface area (Å²) < 4.78 is 5.19. The minimum absolute atomic E-state index is 0.0909. The third-order valence-corrected chi connectivity index (χ3v) is 3.87. The summed E-state index contributed by atoms with van der Waals surface area (Å²) in [5, 5.41) is 4.43. The molecule has 1 aliphatic rings. The Bertz CT molecular complexity index is 469. The van der Waals surface area contributed by atoms with Gasteiger partial charge in [-0.1, -0.05) is 0 Å². The Morgan fingerprint density at radius 2 is 2.16 bits per heavy atom. The predicted octanol–water partition coefficient (Wildman–Crippen LogP) is 0.307. The summed E-state index contributed by atoms with van der Waals surface area (Å²) in [6.07, 6.45) is 0. The number of carbonyl (C=O) groups is 2. The Hall–Kier alpha value is -1.60. The standard InChI is InChI=1S/C12H17N3O3S/c1-8(12(17)15-3-5-18-6-4-15)14-11(16)10-9(13)2-7-19-10/h2,7-8H,3-6,13H2,1H3,(H,14,16). The van der Waals surface area contributed by atoms with Crippen LogP contribution in [0.5, 0.6) is 0 Å². The molecule has 1 unspecified atom stereocenters. The van der Waals surface area contributed by atoms with Gasteiger partial charge in [0, 0.05) is 13.1 Å². The molecule has 0 aliphatic carbocycles. The van der Waals surface area contributed by atoms with Crippen LogP contribution >= 0.6 is 11.3 Å². The number of amides is 2. The number of nitrogens with two attached hydrogens (primary N) is 1. The van der Waals surface area contributed by atoms with Gasteiger partial charge >= 0.3 is 0 Å². The van der Waals surface area contributed by atoms with Gasteiger partial charge in [0.15, 0.2) is 0 Å². The third kappa shape index (κ3) is 3.24. The maximum atomic E-state index is 12.1. The number of ether oxygens (including phenoxy) is 1. The summed E-state index contributed by atoms with van der Waals surface area (Å²) in [5.41, 5.74) is 6.11. The van der Waals surface area contributed by atoms with E-state index in [1.54, 1.807) is 23.3 Å². The van der Waals surface area contributed by atoms with Gasteiger partial charge in [-0.25, -0.2) is 0 Å². The van der Waals surface area contributed by atoms with Crippen LogP contribution in [-0.2, 0) is 9.53 Å². The Morgan fingerprint density at radius 3 is 2.74 bits per heavy atom. The van der Waals surface area contributed by atoms with Crippen molar-refractivity contribution >= 4 is 28.8 Å². The molecule has 0 spiro atoms. The number of morpholine rings is 1. The van der Waals surface area contributed by atoms with E-state index in [1.165, 1.54) is 11.3 Å². The zero-order valence-electron chi connectivity index (χ0n) is 10.7. The van der Waals surface area contributed by atoms with Gasteiger partial charge in [-0.05, 0) is 18.4 Å². The number of nitrogens with zero attached hydrogens (tertiary/aromatic N) is 1. The third-order valence-electron chi connectivity index (χ3n) is 2.94. The van der Waals surface area contributed by atoms with Crippen LogP contribution in [0.1, 0.15) is 16.6 Å². The zero-order valence-corrected chi connectivity index (χ0v) is 11.5. The molecule has 19 heavy (non-hydrogen) atoms. The van der Waals surface area contributed by atoms with Crippen LogP contribution < -0.4 is 11.1 Å². The van der Waals surface area contributed by atoms with Crippen LogP contribution in [0.15, 0.2) is 11.4 Å². The van der Waals surface area contributed by atoms with Gasteiger partial charge in [0.05, 0.1) is 18.9 Å². The SMILES string of the molecule is CC(NC(=O)c1sccc1N)C(=O)N1CCOCC1. The molecule has 7 heteroatoms. The molecule has 0 saturated carbocycles. The van der Waals surface area contributed by atoms with Crippen molar-refractivity contribution in [3.05, 3.63) is 16.3 Å². The summed E-state index contributed by atoms with van der Waals surface area (Å²) in [4.78, 5) is 26.2. The average Bonchev–Trinajstić information content (AvgIpc) is 2.85. The number of hydrogen-bond acceptors (Lipinski definition) is 5. The normalized spacial score (nSPS) is 17.0. The summed E-state index contributed by atoms with van der Waals surface area (Å²) in [6.45, 7) is 3.91. The summed E-state index contributed by atoms with van der Waals surface area (Å²) >= 11 is 1.26. The van der Waals surface area contributed by atoms with Crippen LogP contribution in [0.2, 0.25) is 0 Å². The van der Waals surface area contributed by atoms with Gasteiger partial charge < -0.3 is 20.7 Å². The van der Waals surface area contributed by atoms with Gasteiger partial charge in [-0.15, -0.1) is 11.3 Å². The van der Waals surface area contributed by atoms with Crippen molar-refractivity contribution in [2.75, 3.05) is 32.0 Å². The molecule has 0 radical (unpaired) electrons. The molecule has 0 aromatic carbocycles. The Labute approximate surface area is 115 Å². The van der Waals surface area contributed by atoms with Crippen molar-refractivity contribution in [3.8, 4) is 0 Å². The van der Waals surface area contributed by atoms with Crippen LogP contribution in [0.4, 0.5) is 5.69 Å². The number of carbonyl (C=O) groups excluding carboxylic acids is 2. The number of rotatable bonds is 3. The second-order valence-electron chi connectivity index (χ2n) is 4.34. The molecule has 2 heterocycles. The number of nitrogens with one attached hydrogen (secondary N) is 1. The van der Waals surface area contributed by atoms with Crippen molar-refractivity contribution in [2.45, 2.75) is 13.0 Å². The number of thiophene rings is 1. The molecule has 3 N–H and O–H groups in total. The van der Waals surface area contributed by atoms with Crippen molar-refractivity contribution in [1.29, 1.82) is 0 Å². The Morgan fingerprint density at radius 1 is 1.47 bits per heavy atom. The molecular formula is C12H17N3O3S. The summed E-state index contributed by atoms with van der Waals surface area (Å²) in [5.74, 6) is -0.395. The average molecular weight is 283 g/mol. The molecule has 1 fully saturated rings. The number of nitrogen functional groups attached to an aromatic ring is 1. The molecule has 1 aliphatic heterocycles. The monoisotopic (exact) mass is 283 g/mol. The predicted molar refractivity (Wildman–Crippen MR) is 73.1 cm³/mol. The highest BCUT2D eigenvalue weighted by Crippen LogP contribution is 2.18. The highest BCUT2D eigenvalue weighted by Gasteiger charge is 2.24. The lowest BCUT2D eigenvalue weighted by Gasteiger charge is -2.29. The minimum Gasteiger partial charge on any atom is -0.397 e. The van der Waals surface area contributed by atoms with Crippen LogP contribution in [0.3, 0.4) is 0 Å². The first-order valence-electron chi connectivity index (χ1n) is 6.10. The Kier molecular flexibility index (Phi) is 4.39. The van der Waals surface area contributed by atoms with Gasteiger partial charge in [-0.2, -0.15) is 0 Å². The second kappa shape index (κ2) is 6.03. The molecule has 2 amide bonds. The van der Waals surface area contributed by atoms with Crippen LogP contribution in [0.25, 0.3) is 0 Å². The highest BCUT2D eigenvalue weighted by atomic mass is 32.1. The van der Waals surface area contributed by atoms with Crippen molar-refractivity contribution in [1.82, 2.24) is 10.2 Å². The maximum absolute atomic E-state index is 12.1. The van der Waals surface area contributed by atoms with E-state index in [2.05, 4.69) is 5.32 Å². The van der Waals surface area contributed by atoms with E-state index in [-0.39, 0.29) is 11.8 Å². The Balaban J connectivity index is 1.93.